The van der Waals surface area contributed by atoms with E-state index in [1.165, 1.54) is 13.3 Å². The molecule has 0 fully saturated rings. The van der Waals surface area contributed by atoms with Gasteiger partial charge in [0.25, 0.3) is 0 Å². The van der Waals surface area contributed by atoms with Gasteiger partial charge in [0, 0.05) is 5.69 Å². The summed E-state index contributed by atoms with van der Waals surface area (Å²) in [6.07, 6.45) is 1.36. The molecule has 2 rings (SSSR count). The van der Waals surface area contributed by atoms with Crippen LogP contribution >= 0.6 is 11.6 Å². The van der Waals surface area contributed by atoms with Crippen LogP contribution in [0.5, 0.6) is 11.5 Å². The van der Waals surface area contributed by atoms with Gasteiger partial charge in [0.15, 0.2) is 11.5 Å². The highest BCUT2D eigenvalue weighted by molar-refractivity contribution is 6.39. The number of rotatable bonds is 6. The number of carbonyl (C=O) groups is 2. The molecule has 0 heterocycles. The van der Waals surface area contributed by atoms with E-state index < -0.39 is 11.8 Å². The lowest BCUT2D eigenvalue weighted by molar-refractivity contribution is -0.136. The van der Waals surface area contributed by atoms with Gasteiger partial charge in [0.1, 0.15) is 0 Å². The number of aryl methyl sites for hydroxylation is 1. The number of hydrazone groups is 1. The van der Waals surface area contributed by atoms with Gasteiger partial charge < -0.3 is 14.8 Å². The number of hydrogen-bond donors (Lipinski definition) is 2. The van der Waals surface area contributed by atoms with E-state index in [0.29, 0.717) is 34.4 Å². The molecule has 2 aromatic carbocycles. The van der Waals surface area contributed by atoms with E-state index in [9.17, 15) is 9.59 Å². The largest absolute Gasteiger partial charge is 0.491 e. The number of ether oxygens (including phenoxy) is 2. The fourth-order valence-electron chi connectivity index (χ4n) is 2.41. The number of benzene rings is 2. The number of carbonyl (C=O) groups excluding carboxylic acids is 2. The van der Waals surface area contributed by atoms with Crippen molar-refractivity contribution in [2.75, 3.05) is 19.0 Å². The van der Waals surface area contributed by atoms with Gasteiger partial charge in [-0.05, 0) is 55.7 Å². The van der Waals surface area contributed by atoms with Crippen molar-refractivity contribution in [3.63, 3.8) is 0 Å². The Hall–Kier alpha value is -3.06. The number of anilines is 1. The second-order valence-corrected chi connectivity index (χ2v) is 6.28. The van der Waals surface area contributed by atoms with Crippen molar-refractivity contribution in [1.82, 2.24) is 5.43 Å². The fraction of sp³-hybridized carbons (Fsp3) is 0.250. The van der Waals surface area contributed by atoms with E-state index in [1.807, 2.05) is 26.8 Å². The molecular weight excluding hydrogens is 382 g/mol. The van der Waals surface area contributed by atoms with Crippen molar-refractivity contribution in [1.29, 1.82) is 0 Å². The van der Waals surface area contributed by atoms with E-state index in [0.717, 1.165) is 11.1 Å². The highest BCUT2D eigenvalue weighted by Crippen LogP contribution is 2.35. The van der Waals surface area contributed by atoms with E-state index in [4.69, 9.17) is 21.1 Å². The lowest BCUT2D eigenvalue weighted by atomic mass is 10.1. The predicted octanol–water partition coefficient (Wildman–Crippen LogP) is 3.45. The number of amides is 2. The molecule has 0 radical (unpaired) electrons. The highest BCUT2D eigenvalue weighted by atomic mass is 35.5. The molecule has 0 aliphatic rings. The van der Waals surface area contributed by atoms with E-state index in [-0.39, 0.29) is 0 Å². The van der Waals surface area contributed by atoms with Crippen molar-refractivity contribution >= 4 is 35.3 Å². The first-order valence-electron chi connectivity index (χ1n) is 8.58. The summed E-state index contributed by atoms with van der Waals surface area (Å²) >= 11 is 6.16. The van der Waals surface area contributed by atoms with Crippen LogP contribution in [0.1, 0.15) is 23.6 Å². The Morgan fingerprint density at radius 2 is 1.96 bits per heavy atom. The van der Waals surface area contributed by atoms with Crippen LogP contribution < -0.4 is 20.2 Å². The Bertz CT molecular complexity index is 913. The Morgan fingerprint density at radius 1 is 1.21 bits per heavy atom. The third-order valence-corrected chi connectivity index (χ3v) is 4.26. The van der Waals surface area contributed by atoms with Gasteiger partial charge in [0.2, 0.25) is 0 Å². The molecule has 2 amide bonds. The zero-order valence-electron chi connectivity index (χ0n) is 16.1. The summed E-state index contributed by atoms with van der Waals surface area (Å²) in [4.78, 5) is 24.0. The minimum atomic E-state index is -0.887. The number of methoxy groups -OCH3 is 1. The lowest BCUT2D eigenvalue weighted by Crippen LogP contribution is -2.32. The number of nitrogens with zero attached hydrogens (tertiary/aromatic N) is 1. The summed E-state index contributed by atoms with van der Waals surface area (Å²) < 4.78 is 10.7. The topological polar surface area (TPSA) is 89.0 Å². The van der Waals surface area contributed by atoms with Crippen LogP contribution in [-0.2, 0) is 9.59 Å². The van der Waals surface area contributed by atoms with Crippen molar-refractivity contribution in [3.05, 3.63) is 52.0 Å². The van der Waals surface area contributed by atoms with Crippen LogP contribution in [0.2, 0.25) is 5.02 Å². The van der Waals surface area contributed by atoms with Gasteiger partial charge in [-0.15, -0.1) is 0 Å². The minimum Gasteiger partial charge on any atom is -0.491 e. The van der Waals surface area contributed by atoms with E-state index in [2.05, 4.69) is 15.8 Å². The van der Waals surface area contributed by atoms with Crippen LogP contribution in [0.3, 0.4) is 0 Å². The van der Waals surface area contributed by atoms with Crippen LogP contribution in [-0.4, -0.2) is 31.7 Å². The molecule has 0 aliphatic heterocycles. The van der Waals surface area contributed by atoms with Crippen LogP contribution in [0.4, 0.5) is 5.69 Å². The smallest absolute Gasteiger partial charge is 0.329 e. The zero-order chi connectivity index (χ0) is 20.7. The molecule has 0 aliphatic carbocycles. The van der Waals surface area contributed by atoms with Crippen molar-refractivity contribution in [3.8, 4) is 11.5 Å². The highest BCUT2D eigenvalue weighted by Gasteiger charge is 2.15. The van der Waals surface area contributed by atoms with Gasteiger partial charge >= 0.3 is 11.8 Å². The Labute approximate surface area is 168 Å². The molecule has 2 aromatic rings. The maximum Gasteiger partial charge on any atom is 0.329 e. The Balaban J connectivity index is 2.04. The molecule has 0 bridgehead atoms. The van der Waals surface area contributed by atoms with Crippen LogP contribution in [0.25, 0.3) is 0 Å². The van der Waals surface area contributed by atoms with E-state index >= 15 is 0 Å². The summed E-state index contributed by atoms with van der Waals surface area (Å²) in [6, 6.07) is 8.73. The van der Waals surface area contributed by atoms with Crippen molar-refractivity contribution in [2.45, 2.75) is 20.8 Å². The molecule has 0 spiro atoms. The first-order chi connectivity index (χ1) is 13.4. The molecule has 0 saturated heterocycles. The third kappa shape index (κ3) is 5.23. The minimum absolute atomic E-state index is 0.342. The lowest BCUT2D eigenvalue weighted by Gasteiger charge is -2.11. The molecule has 7 nitrogen and oxygen atoms in total. The van der Waals surface area contributed by atoms with Crippen LogP contribution in [0, 0.1) is 13.8 Å². The molecule has 0 aromatic heterocycles. The summed E-state index contributed by atoms with van der Waals surface area (Å²) in [7, 11) is 1.49. The normalized spacial score (nSPS) is 10.6. The number of halogens is 1. The SMILES string of the molecule is CCOc1cc(/C=N\NC(=O)C(=O)Nc2cccc(C)c2C)cc(Cl)c1OC. The van der Waals surface area contributed by atoms with Crippen molar-refractivity contribution < 1.29 is 19.1 Å². The first-order valence-corrected chi connectivity index (χ1v) is 8.96. The molecule has 8 heteroatoms. The number of hydrogen-bond acceptors (Lipinski definition) is 5. The van der Waals surface area contributed by atoms with Crippen molar-refractivity contribution in [2.24, 2.45) is 5.10 Å². The van der Waals surface area contributed by atoms with Gasteiger partial charge in [-0.2, -0.15) is 5.10 Å². The molecule has 28 heavy (non-hydrogen) atoms. The molecule has 0 atom stereocenters. The number of nitrogens with one attached hydrogen (secondary N) is 2. The van der Waals surface area contributed by atoms with Gasteiger partial charge in [-0.3, -0.25) is 9.59 Å². The predicted molar refractivity (Wildman–Crippen MR) is 109 cm³/mol. The van der Waals surface area contributed by atoms with Gasteiger partial charge in [0.05, 0.1) is 25.0 Å². The molecule has 2 N–H and O–H groups in total. The van der Waals surface area contributed by atoms with Crippen LogP contribution in [0.15, 0.2) is 35.4 Å². The quantitative estimate of drug-likeness (QED) is 0.439. The maximum atomic E-state index is 12.0. The second-order valence-electron chi connectivity index (χ2n) is 5.87. The third-order valence-electron chi connectivity index (χ3n) is 3.97. The average molecular weight is 404 g/mol. The van der Waals surface area contributed by atoms with E-state index in [1.54, 1.807) is 24.3 Å². The monoisotopic (exact) mass is 403 g/mol. The van der Waals surface area contributed by atoms with Gasteiger partial charge in [-0.1, -0.05) is 23.7 Å². The maximum absolute atomic E-state index is 12.0. The Morgan fingerprint density at radius 3 is 2.64 bits per heavy atom. The second kappa shape index (κ2) is 9.75. The van der Waals surface area contributed by atoms with Gasteiger partial charge in [-0.25, -0.2) is 5.43 Å². The summed E-state index contributed by atoms with van der Waals surface area (Å²) in [5, 5.41) is 6.71. The Kier molecular flexibility index (Phi) is 7.40. The first kappa shape index (κ1) is 21.2. The molecule has 0 saturated carbocycles. The molecular formula is C20H22ClN3O4. The fourth-order valence-corrected chi connectivity index (χ4v) is 2.70. The standard InChI is InChI=1S/C20H22ClN3O4/c1-5-28-17-10-14(9-15(21)18(17)27-4)11-22-24-20(26)19(25)23-16-8-6-7-12(2)13(16)3/h6-11H,5H2,1-4H3,(H,23,25)(H,24,26)/b22-11-. The summed E-state index contributed by atoms with van der Waals surface area (Å²) in [6.45, 7) is 6.06. The molecule has 0 unspecified atom stereocenters. The summed E-state index contributed by atoms with van der Waals surface area (Å²) in [5.41, 5.74) is 5.24. The summed E-state index contributed by atoms with van der Waals surface area (Å²) in [5.74, 6) is -0.828. The average Bonchev–Trinajstić information content (AvgIpc) is 2.65. The molecule has 148 valence electrons. The zero-order valence-corrected chi connectivity index (χ0v) is 16.9.